The zero-order chi connectivity index (χ0) is 63.4. The lowest BCUT2D eigenvalue weighted by atomic mass is 10.0. The van der Waals surface area contributed by atoms with Gasteiger partial charge in [-0.2, -0.15) is 0 Å². The molecule has 0 spiro atoms. The number of phosphoric ester groups is 1. The van der Waals surface area contributed by atoms with Gasteiger partial charge in [0.2, 0.25) is 5.91 Å². The number of aliphatic hydroxyl groups excluding tert-OH is 1. The molecule has 0 saturated heterocycles. The highest BCUT2D eigenvalue weighted by molar-refractivity contribution is 7.47. The van der Waals surface area contributed by atoms with Crippen molar-refractivity contribution >= 4 is 13.7 Å². The quantitative estimate of drug-likeness (QED) is 0.0243. The fourth-order valence-electron chi connectivity index (χ4n) is 10.6. The average Bonchev–Trinajstić information content (AvgIpc) is 3.70. The van der Waals surface area contributed by atoms with E-state index in [-0.39, 0.29) is 19.1 Å². The summed E-state index contributed by atoms with van der Waals surface area (Å²) in [7, 11) is 1.56. The molecule has 0 bridgehead atoms. The molecule has 0 aliphatic rings. The van der Waals surface area contributed by atoms with E-state index in [1.807, 2.05) is 27.2 Å². The highest BCUT2D eigenvalue weighted by Gasteiger charge is 2.28. The number of aliphatic hydroxyl groups is 1. The first kappa shape index (κ1) is 84.2. The van der Waals surface area contributed by atoms with Crippen molar-refractivity contribution in [1.29, 1.82) is 0 Å². The summed E-state index contributed by atoms with van der Waals surface area (Å²) in [4.78, 5) is 23.4. The van der Waals surface area contributed by atoms with Crippen LogP contribution in [-0.2, 0) is 18.4 Å². The molecule has 0 aromatic rings. The molecular weight excluding hydrogens is 1090 g/mol. The van der Waals surface area contributed by atoms with Crippen LogP contribution in [-0.4, -0.2) is 73.4 Å². The van der Waals surface area contributed by atoms with Crippen LogP contribution >= 0.6 is 7.82 Å². The molecule has 8 nitrogen and oxygen atoms in total. The maximum absolute atomic E-state index is 13.1. The second kappa shape index (κ2) is 67.6. The highest BCUT2D eigenvalue weighted by Crippen LogP contribution is 2.43. The summed E-state index contributed by atoms with van der Waals surface area (Å²) in [6, 6.07) is -0.871. The molecule has 3 N–H and O–H groups in total. The summed E-state index contributed by atoms with van der Waals surface area (Å²) >= 11 is 0. The number of unbranched alkanes of at least 4 members (excludes halogenated alkanes) is 38. The van der Waals surface area contributed by atoms with Gasteiger partial charge in [-0.1, -0.05) is 342 Å². The maximum Gasteiger partial charge on any atom is 0.472 e. The second-order valence-electron chi connectivity index (χ2n) is 25.9. The Labute approximate surface area is 540 Å². The van der Waals surface area contributed by atoms with Crippen LogP contribution in [0.5, 0.6) is 0 Å². The van der Waals surface area contributed by atoms with Crippen molar-refractivity contribution in [2.45, 2.75) is 341 Å². The van der Waals surface area contributed by atoms with Crippen LogP contribution in [0.25, 0.3) is 0 Å². The first-order chi connectivity index (χ1) is 42.5. The van der Waals surface area contributed by atoms with Crippen LogP contribution < -0.4 is 5.32 Å². The van der Waals surface area contributed by atoms with E-state index in [4.69, 9.17) is 9.05 Å². The molecule has 0 fully saturated rings. The molecular formula is C78H142N2O6P+. The van der Waals surface area contributed by atoms with E-state index in [1.54, 1.807) is 6.08 Å². The third-order valence-electron chi connectivity index (χ3n) is 16.2. The minimum Gasteiger partial charge on any atom is -0.387 e. The Bertz CT molecular complexity index is 1790. The van der Waals surface area contributed by atoms with Crippen LogP contribution in [0.15, 0.2) is 109 Å². The van der Waals surface area contributed by atoms with Crippen LogP contribution in [0.1, 0.15) is 328 Å². The van der Waals surface area contributed by atoms with Crippen molar-refractivity contribution in [1.82, 2.24) is 5.32 Å². The molecule has 0 saturated carbocycles. The topological polar surface area (TPSA) is 105 Å². The number of phosphoric acid groups is 1. The summed E-state index contributed by atoms with van der Waals surface area (Å²) < 4.78 is 23.8. The highest BCUT2D eigenvalue weighted by atomic mass is 31.2. The zero-order valence-corrected chi connectivity index (χ0v) is 58.6. The van der Waals surface area contributed by atoms with Gasteiger partial charge >= 0.3 is 7.82 Å². The lowest BCUT2D eigenvalue weighted by molar-refractivity contribution is -0.870. The third kappa shape index (κ3) is 70.5. The van der Waals surface area contributed by atoms with Crippen LogP contribution in [0, 0.1) is 0 Å². The predicted molar refractivity (Wildman–Crippen MR) is 382 cm³/mol. The van der Waals surface area contributed by atoms with Gasteiger partial charge in [0.25, 0.3) is 0 Å². The van der Waals surface area contributed by atoms with E-state index in [2.05, 4.69) is 116 Å². The largest absolute Gasteiger partial charge is 0.472 e. The number of carbonyl (C=O) groups excluding carboxylic acids is 1. The SMILES string of the molecule is CC/C=C\C/C=C\C/C=C\C/C=C\C/C=C\C/C=C\C/C=C\CCCCCCCCCCCCCCCCCC(=O)NC(COP(=O)(O)OCC[N+](C)(C)C)C(O)/C=C/CC/C=C/CCCCCCCCCCCCCCCCCCCCCCCC. The Hall–Kier alpha value is -2.84. The van der Waals surface area contributed by atoms with Crippen molar-refractivity contribution in [3.05, 3.63) is 109 Å². The van der Waals surface area contributed by atoms with E-state index < -0.39 is 20.0 Å². The third-order valence-corrected chi connectivity index (χ3v) is 17.2. The van der Waals surface area contributed by atoms with Crippen molar-refractivity contribution < 1.29 is 32.9 Å². The molecule has 3 unspecified atom stereocenters. The van der Waals surface area contributed by atoms with Gasteiger partial charge in [0.05, 0.1) is 39.9 Å². The first-order valence-electron chi connectivity index (χ1n) is 36.8. The predicted octanol–water partition coefficient (Wildman–Crippen LogP) is 23.8. The first-order valence-corrected chi connectivity index (χ1v) is 38.3. The van der Waals surface area contributed by atoms with E-state index in [0.717, 1.165) is 83.5 Å². The molecule has 0 aliphatic heterocycles. The van der Waals surface area contributed by atoms with Gasteiger partial charge in [-0.3, -0.25) is 13.8 Å². The van der Waals surface area contributed by atoms with Gasteiger partial charge in [-0.15, -0.1) is 0 Å². The number of carbonyl (C=O) groups is 1. The van der Waals surface area contributed by atoms with Gasteiger partial charge in [0.1, 0.15) is 13.2 Å². The molecule has 0 radical (unpaired) electrons. The fourth-order valence-corrected chi connectivity index (χ4v) is 11.3. The number of hydrogen-bond donors (Lipinski definition) is 3. The lowest BCUT2D eigenvalue weighted by Crippen LogP contribution is -2.45. The van der Waals surface area contributed by atoms with Crippen LogP contribution in [0.2, 0.25) is 0 Å². The Morgan fingerprint density at radius 1 is 0.402 bits per heavy atom. The molecule has 1 amide bonds. The Kier molecular flexibility index (Phi) is 65.3. The summed E-state index contributed by atoms with van der Waals surface area (Å²) in [5, 5.41) is 14.0. The van der Waals surface area contributed by atoms with Gasteiger partial charge in [-0.25, -0.2) is 4.57 Å². The summed E-state index contributed by atoms with van der Waals surface area (Å²) in [5.41, 5.74) is 0. The summed E-state index contributed by atoms with van der Waals surface area (Å²) in [5.74, 6) is -0.186. The number of likely N-dealkylation sites (N-methyl/N-ethyl adjacent to an activating group) is 1. The fraction of sp³-hybridized carbons (Fsp3) is 0.756. The van der Waals surface area contributed by atoms with Crippen LogP contribution in [0.4, 0.5) is 0 Å². The molecule has 87 heavy (non-hydrogen) atoms. The van der Waals surface area contributed by atoms with Gasteiger partial charge in [-0.05, 0) is 89.9 Å². The Morgan fingerprint density at radius 2 is 0.701 bits per heavy atom. The van der Waals surface area contributed by atoms with E-state index in [1.165, 1.54) is 225 Å². The van der Waals surface area contributed by atoms with E-state index >= 15 is 0 Å². The second-order valence-corrected chi connectivity index (χ2v) is 27.4. The molecule has 0 aromatic heterocycles. The molecule has 0 aromatic carbocycles. The standard InChI is InChI=1S/C78H141N2O6P/c1-6-8-10-12-14-16-18-20-22-24-26-28-30-32-34-36-37-38-39-40-41-42-43-44-46-48-50-52-54-56-58-60-62-64-66-68-70-72-78(82)79-76(75-86-87(83,84)85-74-73-80(3,4)5)77(81)71-69-67-65-63-61-59-57-55-53-51-49-47-45-35-33-31-29-27-25-23-21-19-17-15-13-11-9-7-2/h8,10,14,16,20,22,26,28,32,34,37-38,40-41,61,63,69,71,76-77,81H,6-7,9,11-13,15,17-19,21,23-25,27,29-31,33,35-36,39,42-60,62,64-68,70,72-75H2,1-5H3,(H-,79,82,83,84)/p+1/b10-8-,16-14-,22-20-,28-26-,34-32-,38-37-,41-40-,63-61+,71-69+. The van der Waals surface area contributed by atoms with Crippen LogP contribution in [0.3, 0.4) is 0 Å². The zero-order valence-electron chi connectivity index (χ0n) is 57.7. The van der Waals surface area contributed by atoms with Gasteiger partial charge in [0.15, 0.2) is 0 Å². The summed E-state index contributed by atoms with van der Waals surface area (Å²) in [6.07, 6.45) is 99.7. The molecule has 0 aliphatic carbocycles. The number of amides is 1. The number of rotatable bonds is 67. The van der Waals surface area contributed by atoms with Crippen molar-refractivity contribution in [3.8, 4) is 0 Å². The molecule has 504 valence electrons. The van der Waals surface area contributed by atoms with E-state index in [0.29, 0.717) is 17.4 Å². The number of nitrogens with zero attached hydrogens (tertiary/aromatic N) is 1. The van der Waals surface area contributed by atoms with Crippen molar-refractivity contribution in [2.24, 2.45) is 0 Å². The average molecular weight is 1230 g/mol. The van der Waals surface area contributed by atoms with Crippen molar-refractivity contribution in [2.75, 3.05) is 40.9 Å². The smallest absolute Gasteiger partial charge is 0.387 e. The Balaban J connectivity index is 4.08. The minimum absolute atomic E-state index is 0.0531. The molecule has 9 heteroatoms. The number of nitrogens with one attached hydrogen (secondary N) is 1. The number of hydrogen-bond acceptors (Lipinski definition) is 5. The number of quaternary nitrogens is 1. The lowest BCUT2D eigenvalue weighted by Gasteiger charge is -2.25. The maximum atomic E-state index is 13.1. The van der Waals surface area contributed by atoms with Gasteiger partial charge in [0, 0.05) is 6.42 Å². The van der Waals surface area contributed by atoms with Crippen molar-refractivity contribution in [3.63, 3.8) is 0 Å². The molecule has 3 atom stereocenters. The monoisotopic (exact) mass is 1230 g/mol. The number of allylic oxidation sites excluding steroid dienone is 17. The Morgan fingerprint density at radius 3 is 1.06 bits per heavy atom. The molecule has 0 rings (SSSR count). The normalized spacial score (nSPS) is 14.2. The van der Waals surface area contributed by atoms with Gasteiger partial charge < -0.3 is 19.8 Å². The summed E-state index contributed by atoms with van der Waals surface area (Å²) in [6.45, 7) is 4.71. The minimum atomic E-state index is -4.37. The molecule has 0 heterocycles. The van der Waals surface area contributed by atoms with E-state index in [9.17, 15) is 19.4 Å².